The number of fused-ring (bicyclic) bond motifs is 1. The standard InChI is InChI=1S/C18H21N5O3/c1-10-2-3-12-13(8-10)20-16(19-12)11-4-6-23(7-5-11)15(24)9-14-17(25)22-18(26)21-14/h2-3,8,11,14H,4-7,9H2,1H3,(H,19,20)(H2,21,22,25,26)/t14-/m0/s1. The Labute approximate surface area is 150 Å². The minimum absolute atomic E-state index is 0.00611. The van der Waals surface area contributed by atoms with Crippen molar-refractivity contribution < 1.29 is 14.4 Å². The molecule has 0 radical (unpaired) electrons. The number of nitrogens with one attached hydrogen (secondary N) is 3. The summed E-state index contributed by atoms with van der Waals surface area (Å²) >= 11 is 0. The van der Waals surface area contributed by atoms with Crippen molar-refractivity contribution in [3.05, 3.63) is 29.6 Å². The van der Waals surface area contributed by atoms with E-state index in [1.807, 2.05) is 12.1 Å². The molecule has 4 rings (SSSR count). The summed E-state index contributed by atoms with van der Waals surface area (Å²) in [5.74, 6) is 0.725. The highest BCUT2D eigenvalue weighted by Gasteiger charge is 2.34. The molecule has 4 amide bonds. The van der Waals surface area contributed by atoms with Gasteiger partial charge in [0.1, 0.15) is 11.9 Å². The minimum atomic E-state index is -0.758. The second kappa shape index (κ2) is 6.44. The number of piperidine rings is 1. The zero-order valence-electron chi connectivity index (χ0n) is 14.5. The van der Waals surface area contributed by atoms with Crippen LogP contribution in [0, 0.1) is 6.92 Å². The third-order valence-electron chi connectivity index (χ3n) is 5.13. The van der Waals surface area contributed by atoms with Gasteiger partial charge in [-0.3, -0.25) is 14.9 Å². The van der Waals surface area contributed by atoms with E-state index in [1.54, 1.807) is 4.90 Å². The van der Waals surface area contributed by atoms with E-state index in [0.29, 0.717) is 19.0 Å². The Morgan fingerprint density at radius 2 is 2.04 bits per heavy atom. The Balaban J connectivity index is 1.36. The Morgan fingerprint density at radius 1 is 1.27 bits per heavy atom. The van der Waals surface area contributed by atoms with E-state index in [1.165, 1.54) is 5.56 Å². The van der Waals surface area contributed by atoms with E-state index in [4.69, 9.17) is 0 Å². The van der Waals surface area contributed by atoms with Crippen LogP contribution in [0.1, 0.15) is 36.6 Å². The molecule has 136 valence electrons. The zero-order valence-corrected chi connectivity index (χ0v) is 14.5. The van der Waals surface area contributed by atoms with E-state index in [9.17, 15) is 14.4 Å². The molecule has 2 aliphatic rings. The van der Waals surface area contributed by atoms with Gasteiger partial charge in [0.15, 0.2) is 0 Å². The molecule has 0 unspecified atom stereocenters. The van der Waals surface area contributed by atoms with Gasteiger partial charge in [0, 0.05) is 19.0 Å². The molecule has 0 aliphatic carbocycles. The first-order chi connectivity index (χ1) is 12.5. The highest BCUT2D eigenvalue weighted by atomic mass is 16.2. The Hall–Kier alpha value is -2.90. The van der Waals surface area contributed by atoms with Crippen LogP contribution in [-0.4, -0.2) is 51.8 Å². The van der Waals surface area contributed by atoms with Crippen LogP contribution in [0.2, 0.25) is 0 Å². The average molecular weight is 355 g/mol. The molecule has 0 saturated carbocycles. The number of carbonyl (C=O) groups excluding carboxylic acids is 3. The fourth-order valence-corrected chi connectivity index (χ4v) is 3.65. The summed E-state index contributed by atoms with van der Waals surface area (Å²) in [6.45, 7) is 3.31. The van der Waals surface area contributed by atoms with Crippen molar-refractivity contribution in [2.75, 3.05) is 13.1 Å². The maximum Gasteiger partial charge on any atom is 0.322 e. The van der Waals surface area contributed by atoms with Crippen molar-refractivity contribution in [2.24, 2.45) is 0 Å². The number of rotatable bonds is 3. The molecule has 1 aromatic heterocycles. The number of nitrogens with zero attached hydrogens (tertiary/aromatic N) is 2. The van der Waals surface area contributed by atoms with Gasteiger partial charge in [0.25, 0.3) is 5.91 Å². The highest BCUT2D eigenvalue weighted by molar-refractivity contribution is 6.05. The van der Waals surface area contributed by atoms with Gasteiger partial charge in [-0.1, -0.05) is 6.07 Å². The lowest BCUT2D eigenvalue weighted by Crippen LogP contribution is -2.42. The number of likely N-dealkylation sites (tertiary alicyclic amines) is 1. The van der Waals surface area contributed by atoms with Crippen molar-refractivity contribution in [2.45, 2.75) is 38.1 Å². The Bertz CT molecular complexity index is 882. The van der Waals surface area contributed by atoms with E-state index >= 15 is 0 Å². The van der Waals surface area contributed by atoms with Gasteiger partial charge < -0.3 is 15.2 Å². The third-order valence-corrected chi connectivity index (χ3v) is 5.13. The molecule has 0 spiro atoms. The molecule has 3 N–H and O–H groups in total. The highest BCUT2D eigenvalue weighted by Crippen LogP contribution is 2.28. The normalized spacial score (nSPS) is 21.1. The molecule has 1 atom stereocenters. The van der Waals surface area contributed by atoms with Crippen molar-refractivity contribution >= 4 is 28.9 Å². The molecule has 2 aromatic rings. The number of urea groups is 1. The molecule has 8 heteroatoms. The van der Waals surface area contributed by atoms with Gasteiger partial charge in [0.2, 0.25) is 5.91 Å². The molecule has 26 heavy (non-hydrogen) atoms. The van der Waals surface area contributed by atoms with Crippen LogP contribution in [0.4, 0.5) is 4.79 Å². The summed E-state index contributed by atoms with van der Waals surface area (Å²) in [5, 5.41) is 4.61. The number of hydrogen-bond donors (Lipinski definition) is 3. The lowest BCUT2D eigenvalue weighted by Gasteiger charge is -2.31. The van der Waals surface area contributed by atoms with Crippen LogP contribution >= 0.6 is 0 Å². The van der Waals surface area contributed by atoms with Gasteiger partial charge >= 0.3 is 6.03 Å². The molecular formula is C18H21N5O3. The summed E-state index contributed by atoms with van der Waals surface area (Å²) < 4.78 is 0. The molecule has 2 fully saturated rings. The number of aryl methyl sites for hydroxylation is 1. The van der Waals surface area contributed by atoms with Gasteiger partial charge in [-0.2, -0.15) is 0 Å². The predicted molar refractivity (Wildman–Crippen MR) is 94.5 cm³/mol. The first-order valence-electron chi connectivity index (χ1n) is 8.85. The molecule has 0 bridgehead atoms. The summed E-state index contributed by atoms with van der Waals surface area (Å²) in [6.07, 6.45) is 1.66. The smallest absolute Gasteiger partial charge is 0.322 e. The number of carbonyl (C=O) groups is 3. The van der Waals surface area contributed by atoms with Crippen LogP contribution < -0.4 is 10.6 Å². The SMILES string of the molecule is Cc1ccc2nc(C3CCN(C(=O)C[C@@H]4NC(=O)NC4=O)CC3)[nH]c2c1. The van der Waals surface area contributed by atoms with Gasteiger partial charge in [-0.25, -0.2) is 9.78 Å². The number of benzene rings is 1. The third kappa shape index (κ3) is 3.14. The first kappa shape index (κ1) is 16.6. The predicted octanol–water partition coefficient (Wildman–Crippen LogP) is 1.18. The van der Waals surface area contributed by atoms with Gasteiger partial charge in [0.05, 0.1) is 17.5 Å². The molecule has 3 heterocycles. The Morgan fingerprint density at radius 3 is 2.73 bits per heavy atom. The van der Waals surface area contributed by atoms with Crippen molar-refractivity contribution in [1.29, 1.82) is 0 Å². The van der Waals surface area contributed by atoms with Crippen molar-refractivity contribution in [3.8, 4) is 0 Å². The minimum Gasteiger partial charge on any atom is -0.343 e. The average Bonchev–Trinajstić information content (AvgIpc) is 3.17. The molecule has 8 nitrogen and oxygen atoms in total. The molecule has 1 aromatic carbocycles. The molecule has 2 saturated heterocycles. The van der Waals surface area contributed by atoms with Crippen LogP contribution in [-0.2, 0) is 9.59 Å². The maximum atomic E-state index is 12.4. The monoisotopic (exact) mass is 355 g/mol. The molecular weight excluding hydrogens is 334 g/mol. The Kier molecular flexibility index (Phi) is 4.10. The largest absolute Gasteiger partial charge is 0.343 e. The van der Waals surface area contributed by atoms with Gasteiger partial charge in [-0.05, 0) is 37.5 Å². The number of aromatic nitrogens is 2. The number of H-pyrrole nitrogens is 1. The fourth-order valence-electron chi connectivity index (χ4n) is 3.65. The van der Waals surface area contributed by atoms with E-state index in [-0.39, 0.29) is 12.3 Å². The van der Waals surface area contributed by atoms with Crippen LogP contribution in [0.15, 0.2) is 18.2 Å². The van der Waals surface area contributed by atoms with Crippen LogP contribution in [0.25, 0.3) is 11.0 Å². The number of imide groups is 1. The van der Waals surface area contributed by atoms with Crippen molar-refractivity contribution in [1.82, 2.24) is 25.5 Å². The number of aromatic amines is 1. The van der Waals surface area contributed by atoms with E-state index in [0.717, 1.165) is 29.7 Å². The first-order valence-corrected chi connectivity index (χ1v) is 8.85. The fraction of sp³-hybridized carbons (Fsp3) is 0.444. The van der Waals surface area contributed by atoms with Gasteiger partial charge in [-0.15, -0.1) is 0 Å². The summed E-state index contributed by atoms with van der Waals surface area (Å²) in [5.41, 5.74) is 3.20. The van der Waals surface area contributed by atoms with Crippen molar-refractivity contribution in [3.63, 3.8) is 0 Å². The van der Waals surface area contributed by atoms with Crippen LogP contribution in [0.5, 0.6) is 0 Å². The zero-order chi connectivity index (χ0) is 18.3. The lowest BCUT2D eigenvalue weighted by molar-refractivity contribution is -0.134. The number of amides is 4. The number of imidazole rings is 1. The van der Waals surface area contributed by atoms with E-state index < -0.39 is 18.0 Å². The topological polar surface area (TPSA) is 107 Å². The second-order valence-electron chi connectivity index (χ2n) is 7.02. The summed E-state index contributed by atoms with van der Waals surface area (Å²) in [7, 11) is 0. The second-order valence-corrected chi connectivity index (χ2v) is 7.02. The number of hydrogen-bond acceptors (Lipinski definition) is 4. The quantitative estimate of drug-likeness (QED) is 0.719. The summed E-state index contributed by atoms with van der Waals surface area (Å²) in [6, 6.07) is 4.86. The van der Waals surface area contributed by atoms with E-state index in [2.05, 4.69) is 33.6 Å². The summed E-state index contributed by atoms with van der Waals surface area (Å²) in [4.78, 5) is 45.0. The lowest BCUT2D eigenvalue weighted by atomic mass is 9.95. The van der Waals surface area contributed by atoms with Crippen LogP contribution in [0.3, 0.4) is 0 Å². The maximum absolute atomic E-state index is 12.4. The molecule has 2 aliphatic heterocycles.